The zero-order valence-corrected chi connectivity index (χ0v) is 8.29. The summed E-state index contributed by atoms with van der Waals surface area (Å²) in [5, 5.41) is 0. The Labute approximate surface area is 87.1 Å². The van der Waals surface area contributed by atoms with Gasteiger partial charge in [-0.25, -0.2) is 8.78 Å². The Morgan fingerprint density at radius 2 is 1.93 bits per heavy atom. The first kappa shape index (κ1) is 9.09. The highest BCUT2D eigenvalue weighted by Crippen LogP contribution is 2.27. The number of piperazine rings is 1. The van der Waals surface area contributed by atoms with Crippen LogP contribution in [0.5, 0.6) is 0 Å². The predicted molar refractivity (Wildman–Crippen MR) is 53.9 cm³/mol. The molecular weight excluding hydrogens is 198 g/mol. The van der Waals surface area contributed by atoms with Crippen LogP contribution in [0.4, 0.5) is 14.5 Å². The zero-order chi connectivity index (χ0) is 10.4. The molecule has 4 heteroatoms. The fourth-order valence-electron chi connectivity index (χ4n) is 2.18. The molecule has 2 heterocycles. The summed E-state index contributed by atoms with van der Waals surface area (Å²) in [6, 6.07) is 4.76. The number of hydrogen-bond donors (Lipinski definition) is 0. The van der Waals surface area contributed by atoms with Gasteiger partial charge in [0.25, 0.3) is 0 Å². The van der Waals surface area contributed by atoms with Crippen molar-refractivity contribution in [3.8, 4) is 0 Å². The Bertz CT molecular complexity index is 394. The van der Waals surface area contributed by atoms with Gasteiger partial charge >= 0.3 is 0 Å². The van der Waals surface area contributed by atoms with Gasteiger partial charge in [-0.2, -0.15) is 0 Å². The van der Waals surface area contributed by atoms with Crippen LogP contribution in [0.25, 0.3) is 0 Å². The summed E-state index contributed by atoms with van der Waals surface area (Å²) in [5.41, 5.74) is 0.792. The molecule has 2 fully saturated rings. The molecule has 15 heavy (non-hydrogen) atoms. The molecule has 0 aliphatic carbocycles. The number of anilines is 1. The Balaban J connectivity index is 1.82. The molecule has 2 nitrogen and oxygen atoms in total. The number of rotatable bonds is 1. The molecule has 0 N–H and O–H groups in total. The second-order valence-electron chi connectivity index (χ2n) is 4.19. The van der Waals surface area contributed by atoms with Crippen LogP contribution in [-0.4, -0.2) is 37.1 Å². The lowest BCUT2D eigenvalue weighted by molar-refractivity contribution is 0.457. The van der Waals surface area contributed by atoms with Crippen LogP contribution in [0.15, 0.2) is 18.2 Å². The smallest absolute Gasteiger partial charge is 0.160 e. The van der Waals surface area contributed by atoms with Crippen molar-refractivity contribution < 1.29 is 8.78 Å². The lowest BCUT2D eigenvalue weighted by Crippen LogP contribution is -2.38. The summed E-state index contributed by atoms with van der Waals surface area (Å²) in [6.07, 6.45) is 0. The molecule has 2 aliphatic heterocycles. The normalized spacial score (nSPS) is 28.8. The first-order valence-corrected chi connectivity index (χ1v) is 5.18. The van der Waals surface area contributed by atoms with Gasteiger partial charge in [0.2, 0.25) is 0 Å². The van der Waals surface area contributed by atoms with Gasteiger partial charge in [-0.05, 0) is 12.1 Å². The maximum absolute atomic E-state index is 13.0. The fraction of sp³-hybridized carbons (Fsp3) is 0.455. The molecule has 2 atom stereocenters. The van der Waals surface area contributed by atoms with E-state index in [1.807, 2.05) is 0 Å². The van der Waals surface area contributed by atoms with Gasteiger partial charge in [0.1, 0.15) is 0 Å². The van der Waals surface area contributed by atoms with Crippen molar-refractivity contribution in [2.75, 3.05) is 31.1 Å². The zero-order valence-electron chi connectivity index (χ0n) is 8.29. The molecule has 2 aliphatic rings. The predicted octanol–water partition coefficient (Wildman–Crippen LogP) is 1.47. The molecule has 3 rings (SSSR count). The van der Waals surface area contributed by atoms with Gasteiger partial charge in [0.15, 0.2) is 11.6 Å². The van der Waals surface area contributed by atoms with E-state index in [0.717, 1.165) is 31.9 Å². The fourth-order valence-corrected chi connectivity index (χ4v) is 2.18. The maximum atomic E-state index is 13.0. The van der Waals surface area contributed by atoms with E-state index in [-0.39, 0.29) is 0 Å². The molecule has 0 spiro atoms. The standard InChI is InChI=1S/C11H12F2N2/c12-10-2-1-8(5-11(10)13)14-3-4-15-7-9(15)6-14/h1-2,5,9H,3-4,6-7H2. The maximum Gasteiger partial charge on any atom is 0.160 e. The van der Waals surface area contributed by atoms with Crippen molar-refractivity contribution in [2.24, 2.45) is 0 Å². The Kier molecular flexibility index (Phi) is 1.92. The van der Waals surface area contributed by atoms with E-state index in [0.29, 0.717) is 6.04 Å². The van der Waals surface area contributed by atoms with Crippen molar-refractivity contribution in [3.05, 3.63) is 29.8 Å². The number of halogens is 2. The summed E-state index contributed by atoms with van der Waals surface area (Å²) < 4.78 is 25.8. The number of hydrogen-bond acceptors (Lipinski definition) is 2. The number of nitrogens with zero attached hydrogens (tertiary/aromatic N) is 2. The molecule has 0 radical (unpaired) electrons. The summed E-state index contributed by atoms with van der Waals surface area (Å²) >= 11 is 0. The van der Waals surface area contributed by atoms with Crippen LogP contribution < -0.4 is 4.90 Å². The minimum Gasteiger partial charge on any atom is -0.369 e. The molecule has 80 valence electrons. The first-order valence-electron chi connectivity index (χ1n) is 5.18. The number of fused-ring (bicyclic) bond motifs is 1. The lowest BCUT2D eigenvalue weighted by Gasteiger charge is -2.28. The van der Waals surface area contributed by atoms with E-state index < -0.39 is 11.6 Å². The van der Waals surface area contributed by atoms with Gasteiger partial charge in [-0.3, -0.25) is 4.90 Å². The monoisotopic (exact) mass is 210 g/mol. The van der Waals surface area contributed by atoms with E-state index in [1.54, 1.807) is 6.07 Å². The van der Waals surface area contributed by atoms with Crippen LogP contribution >= 0.6 is 0 Å². The highest BCUT2D eigenvalue weighted by molar-refractivity contribution is 5.48. The molecular formula is C11H12F2N2. The topological polar surface area (TPSA) is 6.25 Å². The van der Waals surface area contributed by atoms with E-state index >= 15 is 0 Å². The van der Waals surface area contributed by atoms with E-state index in [1.165, 1.54) is 12.1 Å². The summed E-state index contributed by atoms with van der Waals surface area (Å²) in [5.74, 6) is -1.53. The van der Waals surface area contributed by atoms with Crippen molar-refractivity contribution in [2.45, 2.75) is 6.04 Å². The molecule has 0 amide bonds. The largest absolute Gasteiger partial charge is 0.369 e. The SMILES string of the molecule is Fc1ccc(N2CCN3CC3C2)cc1F. The van der Waals surface area contributed by atoms with Crippen LogP contribution in [0.1, 0.15) is 0 Å². The molecule has 0 aromatic heterocycles. The van der Waals surface area contributed by atoms with Gasteiger partial charge in [-0.1, -0.05) is 0 Å². The van der Waals surface area contributed by atoms with Crippen LogP contribution in [-0.2, 0) is 0 Å². The lowest BCUT2D eigenvalue weighted by atomic mass is 10.2. The van der Waals surface area contributed by atoms with Crippen LogP contribution in [0.2, 0.25) is 0 Å². The minimum absolute atomic E-state index is 0.631. The quantitative estimate of drug-likeness (QED) is 0.647. The summed E-state index contributed by atoms with van der Waals surface area (Å²) in [7, 11) is 0. The average molecular weight is 210 g/mol. The van der Waals surface area contributed by atoms with Crippen molar-refractivity contribution in [1.82, 2.24) is 4.90 Å². The third-order valence-electron chi connectivity index (χ3n) is 3.18. The third-order valence-corrected chi connectivity index (χ3v) is 3.18. The van der Waals surface area contributed by atoms with E-state index in [9.17, 15) is 8.78 Å². The van der Waals surface area contributed by atoms with E-state index in [4.69, 9.17) is 0 Å². The Hall–Kier alpha value is -1.16. The number of benzene rings is 1. The Morgan fingerprint density at radius 1 is 1.07 bits per heavy atom. The summed E-state index contributed by atoms with van der Waals surface area (Å²) in [6.45, 7) is 4.02. The second kappa shape index (κ2) is 3.17. The van der Waals surface area contributed by atoms with Gasteiger partial charge < -0.3 is 4.90 Å². The highest BCUT2D eigenvalue weighted by Gasteiger charge is 2.38. The molecule has 0 saturated carbocycles. The van der Waals surface area contributed by atoms with Gasteiger partial charge in [0.05, 0.1) is 0 Å². The second-order valence-corrected chi connectivity index (χ2v) is 4.19. The average Bonchev–Trinajstić information content (AvgIpc) is 3.00. The van der Waals surface area contributed by atoms with E-state index in [2.05, 4.69) is 9.80 Å². The third kappa shape index (κ3) is 1.59. The summed E-state index contributed by atoms with van der Waals surface area (Å²) in [4.78, 5) is 4.51. The molecule has 1 aromatic rings. The Morgan fingerprint density at radius 3 is 2.67 bits per heavy atom. The highest BCUT2D eigenvalue weighted by atomic mass is 19.2. The minimum atomic E-state index is -0.774. The van der Waals surface area contributed by atoms with Gasteiger partial charge in [0, 0.05) is 44.0 Å². The van der Waals surface area contributed by atoms with Crippen molar-refractivity contribution in [3.63, 3.8) is 0 Å². The molecule has 2 saturated heterocycles. The van der Waals surface area contributed by atoms with Crippen LogP contribution in [0.3, 0.4) is 0 Å². The van der Waals surface area contributed by atoms with Crippen molar-refractivity contribution >= 4 is 5.69 Å². The molecule has 0 bridgehead atoms. The first-order chi connectivity index (χ1) is 7.24. The molecule has 1 aromatic carbocycles. The van der Waals surface area contributed by atoms with Crippen LogP contribution in [0, 0.1) is 11.6 Å². The van der Waals surface area contributed by atoms with Gasteiger partial charge in [-0.15, -0.1) is 0 Å². The van der Waals surface area contributed by atoms with Crippen molar-refractivity contribution in [1.29, 1.82) is 0 Å². The molecule has 2 unspecified atom stereocenters.